The topological polar surface area (TPSA) is 0 Å². The molecule has 0 rings (SSSR count). The predicted octanol–water partition coefficient (Wildman–Crippen LogP) is 0. The second-order valence-electron chi connectivity index (χ2n) is 0. The van der Waals surface area contributed by atoms with Gasteiger partial charge in [-0.05, 0) is 0 Å². The van der Waals surface area contributed by atoms with Gasteiger partial charge in [-0.15, -0.1) is 0 Å². The maximum atomic E-state index is 0. The normalized spacial score (nSPS) is 0. The van der Waals surface area contributed by atoms with Crippen molar-refractivity contribution in [1.82, 2.24) is 0 Å². The minimum atomic E-state index is 0. The Balaban J connectivity index is 0. The van der Waals surface area contributed by atoms with Gasteiger partial charge in [0, 0.05) is 3520 Å². The molecule has 0 fully saturated rings. The van der Waals surface area contributed by atoms with E-state index in [1.54, 1.807) is 0 Å². The fourth-order valence-corrected chi connectivity index (χ4v) is 0. The van der Waals surface area contributed by atoms with Crippen molar-refractivity contribution in [3.8, 4) is 0 Å². The third-order valence-electron chi connectivity index (χ3n) is 0. The summed E-state index contributed by atoms with van der Waals surface area (Å²) in [4.78, 5) is 0. The van der Waals surface area contributed by atoms with Crippen LogP contribution in [0.4, 0.5) is 0 Å². The molecule has 0 saturated carbocycles. The first-order chi connectivity index (χ1) is 0. The minimum absolute atomic E-state index is 0. The molecule has 0 nitrogen and oxygen atoms in total. The molecule has 0 N–H and O–H groups in total. The summed E-state index contributed by atoms with van der Waals surface area (Å²) in [5, 5.41) is 0. The van der Waals surface area contributed by atoms with Gasteiger partial charge in [-0.3, -0.25) is 0 Å². The SMILES string of the molecule is [La].[La].[La].[La].[La].[La].[La].[La].[La].[La].[La].[La].[La].[La].[La].[La].[La].[La].[La].[La].[La].[La].[La].[La].[La].[La].[La].[La].[La].[La].[La].[La].[La].[La].[La].[La].[La].[La].[La].[La].[La].[La].[La].[La].[La].[La].[La].[La].[La].[La].[La].[La].[La].[La].[La].[La].[La].[La].[La].[La].[La].[La].[La].[La].[La].[La].[La].[La].[La].[La].[La].[La].[La].[La].[La].[La].[La].[La].[La].[La].[La].[La].[La].[La].[La].[La].[La].[La].[La].[La].[La].[La].[La].[La].[La].[La].[La].[La].[La]. The first kappa shape index (κ1) is 726. The summed E-state index contributed by atoms with van der Waals surface area (Å²) in [5.74, 6) is 0. The summed E-state index contributed by atoms with van der Waals surface area (Å²) in [6, 6.07) is 0. The molecule has 0 aromatic heterocycles. The summed E-state index contributed by atoms with van der Waals surface area (Å²) < 4.78 is 0. The summed E-state index contributed by atoms with van der Waals surface area (Å²) in [6.45, 7) is 0. The fourth-order valence-electron chi connectivity index (χ4n) is 0. The number of rotatable bonds is 0. The molecule has 0 bridgehead atoms. The molecular formula is La99. The van der Waals surface area contributed by atoms with Crippen LogP contribution in [-0.2, 0) is 0 Å². The molecule has 0 aromatic carbocycles. The van der Waals surface area contributed by atoms with Crippen molar-refractivity contribution in [2.24, 2.45) is 0 Å². The third kappa shape index (κ3) is 710. The molecule has 0 aliphatic carbocycles. The van der Waals surface area contributed by atoms with Crippen molar-refractivity contribution >= 4 is 0 Å². The molecule has 0 heterocycles. The van der Waals surface area contributed by atoms with E-state index in [9.17, 15) is 0 Å². The van der Waals surface area contributed by atoms with Gasteiger partial charge in [0.25, 0.3) is 0 Å². The number of hydrogen-bond donors (Lipinski definition) is 0. The first-order valence-electron chi connectivity index (χ1n) is 0. The molecule has 297 valence electrons. The second-order valence-corrected chi connectivity index (χ2v) is 0. The Morgan fingerprint density at radius 2 is 0.0101 bits per heavy atom. The summed E-state index contributed by atoms with van der Waals surface area (Å²) in [6.07, 6.45) is 0. The maximum Gasteiger partial charge on any atom is 0 e. The predicted molar refractivity (Wildman–Crippen MR) is 0 cm³/mol. The van der Waals surface area contributed by atoms with E-state index in [-0.39, 0.29) is 3520 Å². The largest absolute Gasteiger partial charge is 0 e. The Hall–Kier alpha value is 118. The van der Waals surface area contributed by atoms with Crippen LogP contribution in [0.3, 0.4) is 0 Å². The van der Waals surface area contributed by atoms with E-state index < -0.39 is 0 Å². The van der Waals surface area contributed by atoms with Crippen LogP contribution in [0.2, 0.25) is 0 Å². The standard InChI is InChI=1S/99La. The Kier molecular flexibility index (Phi) is 5260. The van der Waals surface area contributed by atoms with Gasteiger partial charge < -0.3 is 0 Å². The number of hydrogen-bond acceptors (Lipinski definition) is 0. The fraction of sp³-hybridized carbons (Fsp3) is 0. The van der Waals surface area contributed by atoms with E-state index in [0.717, 1.165) is 0 Å². The van der Waals surface area contributed by atoms with Gasteiger partial charge in [-0.2, -0.15) is 0 Å². The minimum Gasteiger partial charge on any atom is 0 e. The van der Waals surface area contributed by atoms with E-state index in [1.807, 2.05) is 0 Å². The van der Waals surface area contributed by atoms with Crippen molar-refractivity contribution in [3.05, 3.63) is 0 Å². The van der Waals surface area contributed by atoms with E-state index in [2.05, 4.69) is 0 Å². The van der Waals surface area contributed by atoms with Crippen LogP contribution in [0, 0.1) is 3520 Å². The van der Waals surface area contributed by atoms with Crippen LogP contribution in [0.1, 0.15) is 0 Å². The van der Waals surface area contributed by atoms with Crippen LogP contribution in [0.15, 0.2) is 0 Å². The molecule has 0 amide bonds. The van der Waals surface area contributed by atoms with Crippen molar-refractivity contribution in [2.45, 2.75) is 0 Å². The van der Waals surface area contributed by atoms with Crippen LogP contribution in [0.5, 0.6) is 0 Å². The molecule has 0 unspecified atom stereocenters. The summed E-state index contributed by atoms with van der Waals surface area (Å²) >= 11 is 0. The monoisotopic (exact) mass is 13800 g/mol. The summed E-state index contributed by atoms with van der Waals surface area (Å²) in [7, 11) is 0. The molecule has 0 atom stereocenters. The quantitative estimate of drug-likeness (QED) is 0.321. The Labute approximate surface area is 3380 Å². The van der Waals surface area contributed by atoms with Crippen molar-refractivity contribution in [1.29, 1.82) is 0 Å². The molecular weight excluding hydrogens is 13800 g/mol. The molecule has 0 spiro atoms. The van der Waals surface area contributed by atoms with E-state index in [1.165, 1.54) is 0 Å². The third-order valence-corrected chi connectivity index (χ3v) is 0. The van der Waals surface area contributed by atoms with Gasteiger partial charge in [0.2, 0.25) is 0 Å². The van der Waals surface area contributed by atoms with Gasteiger partial charge in [-0.25, -0.2) is 0 Å². The van der Waals surface area contributed by atoms with E-state index in [0.29, 0.717) is 0 Å². The summed E-state index contributed by atoms with van der Waals surface area (Å²) in [5.41, 5.74) is 0. The smallest absolute Gasteiger partial charge is 0 e. The van der Waals surface area contributed by atoms with Gasteiger partial charge in [-0.1, -0.05) is 0 Å². The van der Waals surface area contributed by atoms with Gasteiger partial charge in [0.1, 0.15) is 0 Å². The molecule has 0 saturated heterocycles. The van der Waals surface area contributed by atoms with Gasteiger partial charge in [0.05, 0.1) is 0 Å². The van der Waals surface area contributed by atoms with Crippen LogP contribution in [0.25, 0.3) is 0 Å². The van der Waals surface area contributed by atoms with Crippen molar-refractivity contribution in [3.63, 3.8) is 0 Å². The maximum absolute atomic E-state index is 0. The molecule has 99 radical (unpaired) electrons. The average Bonchev–Trinajstić information content (AvgIpc) is 0. The Morgan fingerprint density at radius 1 is 0.0101 bits per heavy atom. The van der Waals surface area contributed by atoms with Crippen molar-refractivity contribution in [2.75, 3.05) is 0 Å². The molecule has 0 aliphatic rings. The zero-order chi connectivity index (χ0) is 0. The molecule has 99 heavy (non-hydrogen) atoms. The Morgan fingerprint density at radius 3 is 0.0101 bits per heavy atom. The molecule has 99 heteroatoms. The zero-order valence-corrected chi connectivity index (χ0v) is 416. The zero-order valence-electron chi connectivity index (χ0n) is 57.2. The average molecular weight is 13800 g/mol. The molecule has 0 aliphatic heterocycles. The first-order valence-corrected chi connectivity index (χ1v) is 0. The van der Waals surface area contributed by atoms with Crippen molar-refractivity contribution < 1.29 is 3520 Å². The van der Waals surface area contributed by atoms with Crippen LogP contribution in [-0.4, -0.2) is 0 Å². The van der Waals surface area contributed by atoms with Gasteiger partial charge in [0.15, 0.2) is 0 Å². The Bertz CT molecular complexity index is 0. The van der Waals surface area contributed by atoms with E-state index >= 15 is 0 Å². The van der Waals surface area contributed by atoms with Gasteiger partial charge >= 0.3 is 0 Å². The molecule has 0 aromatic rings. The van der Waals surface area contributed by atoms with E-state index in [4.69, 9.17) is 0 Å². The second kappa shape index (κ2) is 716. The van der Waals surface area contributed by atoms with Crippen LogP contribution >= 0.6 is 0 Å². The van der Waals surface area contributed by atoms with Crippen LogP contribution < -0.4 is 0 Å².